The number of methoxy groups -OCH3 is 1. The highest BCUT2D eigenvalue weighted by Crippen LogP contribution is 2.35. The van der Waals surface area contributed by atoms with Crippen LogP contribution in [0.15, 0.2) is 30.3 Å². The number of hydrogen-bond acceptors (Lipinski definition) is 5. The Hall–Kier alpha value is -2.64. The number of quaternary nitrogens is 1. The highest BCUT2D eigenvalue weighted by Gasteiger charge is 2.19. The zero-order valence-electron chi connectivity index (χ0n) is 16.8. The number of anilines is 1. The number of benzene rings is 1. The van der Waals surface area contributed by atoms with Crippen LogP contribution < -0.4 is 15.0 Å². The summed E-state index contributed by atoms with van der Waals surface area (Å²) >= 11 is 0. The molecule has 2 N–H and O–H groups in total. The molecule has 3 aromatic rings. The van der Waals surface area contributed by atoms with Crippen LogP contribution in [0.5, 0.6) is 5.75 Å². The average Bonchev–Trinajstić information content (AvgIpc) is 3.04. The lowest BCUT2D eigenvalue weighted by Crippen LogP contribution is -3.14. The first-order valence-electron chi connectivity index (χ1n) is 9.83. The van der Waals surface area contributed by atoms with Crippen molar-refractivity contribution >= 4 is 11.5 Å². The molecule has 1 aliphatic rings. The molecular formula is C21H28N5O2+. The molecule has 0 saturated carbocycles. The van der Waals surface area contributed by atoms with E-state index in [0.29, 0.717) is 0 Å². The molecule has 1 aliphatic heterocycles. The third-order valence-corrected chi connectivity index (χ3v) is 5.25. The second kappa shape index (κ2) is 8.16. The van der Waals surface area contributed by atoms with Gasteiger partial charge in [0.05, 0.1) is 44.7 Å². The molecule has 1 saturated heterocycles. The molecule has 148 valence electrons. The molecule has 1 aromatic carbocycles. The number of para-hydroxylation sites is 1. The van der Waals surface area contributed by atoms with Crippen molar-refractivity contribution < 1.29 is 14.4 Å². The smallest absolute Gasteiger partial charge is 0.165 e. The normalized spacial score (nSPS) is 15.1. The summed E-state index contributed by atoms with van der Waals surface area (Å²) in [6.07, 6.45) is 0. The lowest BCUT2D eigenvalue weighted by Gasteiger charge is -2.23. The summed E-state index contributed by atoms with van der Waals surface area (Å²) < 4.78 is 12.9. The van der Waals surface area contributed by atoms with Crippen molar-refractivity contribution in [2.45, 2.75) is 13.8 Å². The molecule has 0 unspecified atom stereocenters. The van der Waals surface area contributed by atoms with Crippen molar-refractivity contribution in [3.8, 4) is 16.9 Å². The molecule has 7 heteroatoms. The van der Waals surface area contributed by atoms with E-state index in [-0.39, 0.29) is 0 Å². The molecule has 7 nitrogen and oxygen atoms in total. The van der Waals surface area contributed by atoms with E-state index in [2.05, 4.69) is 17.4 Å². The maximum absolute atomic E-state index is 5.57. The van der Waals surface area contributed by atoms with Gasteiger partial charge in [0.25, 0.3) is 0 Å². The summed E-state index contributed by atoms with van der Waals surface area (Å²) in [6.45, 7) is 9.85. The van der Waals surface area contributed by atoms with E-state index in [1.54, 1.807) is 12.0 Å². The number of fused-ring (bicyclic) bond motifs is 1. The standard InChI is InChI=1S/C21H27N5O2/c1-15-14-19(22-8-9-25-10-12-28-13-11-25)26-21(23-15)20(16(2)24-26)17-6-4-5-7-18(17)27-3/h4-7,14,22H,8-13H2,1-3H3/p+1. The molecular weight excluding hydrogens is 354 g/mol. The van der Waals surface area contributed by atoms with E-state index < -0.39 is 0 Å². The van der Waals surface area contributed by atoms with Crippen LogP contribution in [0.2, 0.25) is 0 Å². The van der Waals surface area contributed by atoms with Gasteiger partial charge in [0.15, 0.2) is 5.65 Å². The fourth-order valence-electron chi connectivity index (χ4n) is 3.81. The van der Waals surface area contributed by atoms with Crippen LogP contribution in [-0.4, -0.2) is 61.1 Å². The molecule has 0 amide bonds. The van der Waals surface area contributed by atoms with Gasteiger partial charge < -0.3 is 19.7 Å². The second-order valence-corrected chi connectivity index (χ2v) is 7.22. The summed E-state index contributed by atoms with van der Waals surface area (Å²) in [5.74, 6) is 1.80. The number of rotatable bonds is 6. The number of nitrogens with one attached hydrogen (secondary N) is 2. The predicted octanol–water partition coefficient (Wildman–Crippen LogP) is 1.35. The first-order valence-corrected chi connectivity index (χ1v) is 9.83. The second-order valence-electron chi connectivity index (χ2n) is 7.22. The van der Waals surface area contributed by atoms with Gasteiger partial charge >= 0.3 is 0 Å². The average molecular weight is 382 g/mol. The Kier molecular flexibility index (Phi) is 5.45. The molecule has 3 heterocycles. The van der Waals surface area contributed by atoms with E-state index in [4.69, 9.17) is 19.6 Å². The lowest BCUT2D eigenvalue weighted by atomic mass is 10.1. The topological polar surface area (TPSA) is 65.1 Å². The Morgan fingerprint density at radius 3 is 2.79 bits per heavy atom. The zero-order chi connectivity index (χ0) is 19.5. The van der Waals surface area contributed by atoms with Crippen LogP contribution in [-0.2, 0) is 4.74 Å². The van der Waals surface area contributed by atoms with Gasteiger partial charge in [-0.3, -0.25) is 0 Å². The molecule has 28 heavy (non-hydrogen) atoms. The third kappa shape index (κ3) is 3.68. The highest BCUT2D eigenvalue weighted by atomic mass is 16.5. The van der Waals surface area contributed by atoms with Gasteiger partial charge in [0.1, 0.15) is 24.7 Å². The molecule has 0 bridgehead atoms. The minimum absolute atomic E-state index is 0.828. The summed E-state index contributed by atoms with van der Waals surface area (Å²) in [7, 11) is 1.69. The first kappa shape index (κ1) is 18.7. The minimum Gasteiger partial charge on any atom is -0.496 e. The summed E-state index contributed by atoms with van der Waals surface area (Å²) in [5.41, 5.74) is 4.78. The van der Waals surface area contributed by atoms with Crippen LogP contribution in [0.3, 0.4) is 0 Å². The molecule has 1 fully saturated rings. The van der Waals surface area contributed by atoms with E-state index >= 15 is 0 Å². The Labute approximate surface area is 165 Å². The van der Waals surface area contributed by atoms with Gasteiger partial charge in [-0.05, 0) is 19.9 Å². The Morgan fingerprint density at radius 2 is 2.00 bits per heavy atom. The van der Waals surface area contributed by atoms with E-state index in [9.17, 15) is 0 Å². The summed E-state index contributed by atoms with van der Waals surface area (Å²) in [4.78, 5) is 6.37. The van der Waals surface area contributed by atoms with Crippen LogP contribution in [0.4, 0.5) is 5.82 Å². The van der Waals surface area contributed by atoms with Gasteiger partial charge in [-0.25, -0.2) is 4.98 Å². The molecule has 2 aromatic heterocycles. The number of nitrogens with zero attached hydrogens (tertiary/aromatic N) is 3. The Balaban J connectivity index is 1.65. The van der Waals surface area contributed by atoms with E-state index in [1.807, 2.05) is 36.6 Å². The highest BCUT2D eigenvalue weighted by molar-refractivity contribution is 5.84. The minimum atomic E-state index is 0.828. The lowest BCUT2D eigenvalue weighted by molar-refractivity contribution is -0.906. The molecule has 0 atom stereocenters. The quantitative estimate of drug-likeness (QED) is 0.674. The summed E-state index contributed by atoms with van der Waals surface area (Å²) in [5, 5.41) is 8.34. The zero-order valence-corrected chi connectivity index (χ0v) is 16.8. The Morgan fingerprint density at radius 1 is 1.21 bits per heavy atom. The van der Waals surface area contributed by atoms with Crippen LogP contribution in [0, 0.1) is 13.8 Å². The van der Waals surface area contributed by atoms with Crippen LogP contribution >= 0.6 is 0 Å². The van der Waals surface area contributed by atoms with Gasteiger partial charge in [-0.2, -0.15) is 9.61 Å². The Bertz CT molecular complexity index is 963. The number of ether oxygens (including phenoxy) is 2. The van der Waals surface area contributed by atoms with E-state index in [0.717, 1.165) is 79.1 Å². The number of morpholine rings is 1. The fourth-order valence-corrected chi connectivity index (χ4v) is 3.81. The third-order valence-electron chi connectivity index (χ3n) is 5.25. The molecule has 0 aliphatic carbocycles. The van der Waals surface area contributed by atoms with Crippen molar-refractivity contribution in [3.63, 3.8) is 0 Å². The SMILES string of the molecule is COc1ccccc1-c1c(C)nn2c(NCC[NH+]3CCOCC3)cc(C)nc12. The van der Waals surface area contributed by atoms with Gasteiger partial charge in [-0.15, -0.1) is 0 Å². The van der Waals surface area contributed by atoms with Gasteiger partial charge in [0.2, 0.25) is 0 Å². The monoisotopic (exact) mass is 382 g/mol. The largest absolute Gasteiger partial charge is 0.496 e. The molecule has 0 spiro atoms. The van der Waals surface area contributed by atoms with Crippen LogP contribution in [0.1, 0.15) is 11.4 Å². The van der Waals surface area contributed by atoms with E-state index in [1.165, 1.54) is 0 Å². The van der Waals surface area contributed by atoms with Crippen molar-refractivity contribution in [1.82, 2.24) is 14.6 Å². The number of aromatic nitrogens is 3. The first-order chi connectivity index (χ1) is 13.7. The fraction of sp³-hybridized carbons (Fsp3) is 0.429. The van der Waals surface area contributed by atoms with Crippen molar-refractivity contribution in [1.29, 1.82) is 0 Å². The molecule has 4 rings (SSSR count). The van der Waals surface area contributed by atoms with Gasteiger partial charge in [-0.1, -0.05) is 18.2 Å². The predicted molar refractivity (Wildman–Crippen MR) is 109 cm³/mol. The number of aryl methyl sites for hydroxylation is 2. The molecule has 0 radical (unpaired) electrons. The van der Waals surface area contributed by atoms with Gasteiger partial charge in [0, 0.05) is 17.3 Å². The van der Waals surface area contributed by atoms with Crippen molar-refractivity contribution in [2.24, 2.45) is 0 Å². The number of hydrogen-bond donors (Lipinski definition) is 2. The van der Waals surface area contributed by atoms with Crippen molar-refractivity contribution in [2.75, 3.05) is 51.8 Å². The van der Waals surface area contributed by atoms with Crippen molar-refractivity contribution in [3.05, 3.63) is 41.7 Å². The maximum atomic E-state index is 5.57. The van der Waals surface area contributed by atoms with Crippen LogP contribution in [0.25, 0.3) is 16.8 Å². The summed E-state index contributed by atoms with van der Waals surface area (Å²) in [6, 6.07) is 10.1. The maximum Gasteiger partial charge on any atom is 0.165 e.